The van der Waals surface area contributed by atoms with Gasteiger partial charge in [0.15, 0.2) is 0 Å². The van der Waals surface area contributed by atoms with Gasteiger partial charge in [-0.05, 0) is 26.0 Å². The van der Waals surface area contributed by atoms with Crippen LogP contribution in [0.3, 0.4) is 0 Å². The molecule has 0 saturated carbocycles. The van der Waals surface area contributed by atoms with Crippen molar-refractivity contribution in [1.29, 1.82) is 0 Å². The number of hydrogen-bond donors (Lipinski definition) is 3. The Balaban J connectivity index is 2.74. The lowest BCUT2D eigenvalue weighted by molar-refractivity contribution is -0.130. The van der Waals surface area contributed by atoms with Crippen molar-refractivity contribution in [3.05, 3.63) is 23.9 Å². The second kappa shape index (κ2) is 5.02. The quantitative estimate of drug-likeness (QED) is 0.635. The van der Waals surface area contributed by atoms with E-state index in [9.17, 15) is 9.90 Å². The number of carbonyl (C=O) groups is 1. The average molecular weight is 225 g/mol. The highest BCUT2D eigenvalue weighted by molar-refractivity contribution is 5.95. The van der Waals surface area contributed by atoms with Crippen LogP contribution in [0.4, 0.5) is 5.82 Å². The Labute approximate surface area is 93.4 Å². The van der Waals surface area contributed by atoms with Crippen LogP contribution < -0.4 is 11.2 Å². The van der Waals surface area contributed by atoms with Crippen molar-refractivity contribution in [3.8, 4) is 0 Å². The molecule has 0 aliphatic rings. The molecule has 88 valence electrons. The number of rotatable bonds is 4. The smallest absolute Gasteiger partial charge is 0.256 e. The number of pyridine rings is 1. The first-order chi connectivity index (χ1) is 7.43. The average Bonchev–Trinajstić information content (AvgIpc) is 2.17. The van der Waals surface area contributed by atoms with Crippen LogP contribution in [0.25, 0.3) is 0 Å². The minimum atomic E-state index is -1.44. The van der Waals surface area contributed by atoms with E-state index in [0.29, 0.717) is 11.5 Å². The van der Waals surface area contributed by atoms with Crippen LogP contribution in [0.1, 0.15) is 19.5 Å². The molecule has 1 heterocycles. The fraction of sp³-hybridized carbons (Fsp3) is 0.400. The summed E-state index contributed by atoms with van der Waals surface area (Å²) in [5.41, 5.74) is -0.849. The van der Waals surface area contributed by atoms with Crippen LogP contribution in [0.5, 0.6) is 0 Å². The number of hydrogen-bond acceptors (Lipinski definition) is 5. The number of anilines is 1. The molecule has 0 spiro atoms. The SMILES string of the molecule is CC(C)(O)C(=O)Nc1cccc(CON)n1. The molecule has 0 aromatic carbocycles. The van der Waals surface area contributed by atoms with E-state index >= 15 is 0 Å². The van der Waals surface area contributed by atoms with Gasteiger partial charge in [0.1, 0.15) is 18.0 Å². The van der Waals surface area contributed by atoms with E-state index in [1.165, 1.54) is 13.8 Å². The summed E-state index contributed by atoms with van der Waals surface area (Å²) in [6.07, 6.45) is 0. The minimum Gasteiger partial charge on any atom is -0.381 e. The molecule has 1 rings (SSSR count). The molecule has 1 aromatic rings. The number of carbonyl (C=O) groups excluding carboxylic acids is 1. The normalized spacial score (nSPS) is 11.2. The maximum absolute atomic E-state index is 11.4. The molecule has 0 aliphatic heterocycles. The van der Waals surface area contributed by atoms with Gasteiger partial charge >= 0.3 is 0 Å². The summed E-state index contributed by atoms with van der Waals surface area (Å²) in [5.74, 6) is 4.74. The van der Waals surface area contributed by atoms with Gasteiger partial charge in [-0.25, -0.2) is 10.9 Å². The lowest BCUT2D eigenvalue weighted by Gasteiger charge is -2.16. The number of aromatic nitrogens is 1. The van der Waals surface area contributed by atoms with E-state index in [-0.39, 0.29) is 6.61 Å². The summed E-state index contributed by atoms with van der Waals surface area (Å²) in [6, 6.07) is 5.04. The highest BCUT2D eigenvalue weighted by Crippen LogP contribution is 2.09. The zero-order valence-corrected chi connectivity index (χ0v) is 9.23. The molecule has 0 unspecified atom stereocenters. The number of aliphatic hydroxyl groups is 1. The van der Waals surface area contributed by atoms with Gasteiger partial charge in [0.05, 0.1) is 5.69 Å². The number of nitrogens with one attached hydrogen (secondary N) is 1. The largest absolute Gasteiger partial charge is 0.381 e. The lowest BCUT2D eigenvalue weighted by Crippen LogP contribution is -2.36. The molecule has 0 fully saturated rings. The third kappa shape index (κ3) is 3.58. The van der Waals surface area contributed by atoms with Crippen molar-refractivity contribution in [2.45, 2.75) is 26.1 Å². The summed E-state index contributed by atoms with van der Waals surface area (Å²) in [7, 11) is 0. The minimum absolute atomic E-state index is 0.159. The highest BCUT2D eigenvalue weighted by Gasteiger charge is 2.23. The third-order valence-corrected chi connectivity index (χ3v) is 1.84. The van der Waals surface area contributed by atoms with Crippen LogP contribution in [0.15, 0.2) is 18.2 Å². The van der Waals surface area contributed by atoms with E-state index in [1.807, 2.05) is 0 Å². The Hall–Kier alpha value is -1.50. The summed E-state index contributed by atoms with van der Waals surface area (Å²) in [6.45, 7) is 2.95. The standard InChI is InChI=1S/C10H15N3O3/c1-10(2,15)9(14)13-8-5-3-4-7(12-8)6-16-11/h3-5,15H,6,11H2,1-2H3,(H,12,13,14). The van der Waals surface area contributed by atoms with Crippen LogP contribution in [-0.2, 0) is 16.2 Å². The van der Waals surface area contributed by atoms with Crippen molar-refractivity contribution in [3.63, 3.8) is 0 Å². The van der Waals surface area contributed by atoms with Gasteiger partial charge in [0, 0.05) is 0 Å². The Morgan fingerprint density at radius 3 is 2.88 bits per heavy atom. The number of amides is 1. The van der Waals surface area contributed by atoms with Crippen LogP contribution in [-0.4, -0.2) is 21.6 Å². The monoisotopic (exact) mass is 225 g/mol. The molecule has 0 radical (unpaired) electrons. The summed E-state index contributed by atoms with van der Waals surface area (Å²) in [4.78, 5) is 19.9. The van der Waals surface area contributed by atoms with E-state index in [2.05, 4.69) is 15.1 Å². The molecule has 0 aliphatic carbocycles. The summed E-state index contributed by atoms with van der Waals surface area (Å²) >= 11 is 0. The van der Waals surface area contributed by atoms with Gasteiger partial charge in [-0.3, -0.25) is 9.63 Å². The Morgan fingerprint density at radius 2 is 2.31 bits per heavy atom. The first-order valence-electron chi connectivity index (χ1n) is 4.75. The van der Waals surface area contributed by atoms with Gasteiger partial charge < -0.3 is 10.4 Å². The molecule has 0 saturated heterocycles. The molecule has 16 heavy (non-hydrogen) atoms. The topological polar surface area (TPSA) is 97.5 Å². The zero-order valence-electron chi connectivity index (χ0n) is 9.23. The van der Waals surface area contributed by atoms with Crippen molar-refractivity contribution >= 4 is 11.7 Å². The summed E-state index contributed by atoms with van der Waals surface area (Å²) in [5, 5.41) is 11.9. The molecule has 0 bridgehead atoms. The van der Waals surface area contributed by atoms with Crippen LogP contribution in [0, 0.1) is 0 Å². The number of nitrogens with two attached hydrogens (primary N) is 1. The van der Waals surface area contributed by atoms with Gasteiger partial charge in [-0.1, -0.05) is 6.07 Å². The Bertz CT molecular complexity index is 374. The molecular formula is C10H15N3O3. The van der Waals surface area contributed by atoms with Crippen molar-refractivity contribution in [2.75, 3.05) is 5.32 Å². The molecule has 6 heteroatoms. The van der Waals surface area contributed by atoms with Crippen molar-refractivity contribution < 1.29 is 14.7 Å². The second-order valence-electron chi connectivity index (χ2n) is 3.84. The summed E-state index contributed by atoms with van der Waals surface area (Å²) < 4.78 is 0. The van der Waals surface area contributed by atoms with Crippen molar-refractivity contribution in [2.24, 2.45) is 5.90 Å². The van der Waals surface area contributed by atoms with E-state index in [4.69, 9.17) is 5.90 Å². The van der Waals surface area contributed by atoms with E-state index in [0.717, 1.165) is 0 Å². The van der Waals surface area contributed by atoms with E-state index < -0.39 is 11.5 Å². The van der Waals surface area contributed by atoms with Gasteiger partial charge in [-0.2, -0.15) is 0 Å². The fourth-order valence-corrected chi connectivity index (χ4v) is 0.984. The molecule has 1 aromatic heterocycles. The van der Waals surface area contributed by atoms with Crippen LogP contribution >= 0.6 is 0 Å². The fourth-order valence-electron chi connectivity index (χ4n) is 0.984. The van der Waals surface area contributed by atoms with Gasteiger partial charge in [0.2, 0.25) is 0 Å². The van der Waals surface area contributed by atoms with Gasteiger partial charge in [-0.15, -0.1) is 0 Å². The lowest BCUT2D eigenvalue weighted by atomic mass is 10.1. The predicted molar refractivity (Wildman–Crippen MR) is 58.1 cm³/mol. The van der Waals surface area contributed by atoms with Crippen molar-refractivity contribution in [1.82, 2.24) is 4.98 Å². The molecular weight excluding hydrogens is 210 g/mol. The van der Waals surface area contributed by atoms with Gasteiger partial charge in [0.25, 0.3) is 5.91 Å². The zero-order chi connectivity index (χ0) is 12.2. The molecule has 1 amide bonds. The molecule has 4 N–H and O–H groups in total. The Kier molecular flexibility index (Phi) is 3.94. The maximum atomic E-state index is 11.4. The van der Waals surface area contributed by atoms with Crippen LogP contribution in [0.2, 0.25) is 0 Å². The predicted octanol–water partition coefficient (Wildman–Crippen LogP) is 0.181. The molecule has 6 nitrogen and oxygen atoms in total. The number of nitrogens with zero attached hydrogens (tertiary/aromatic N) is 1. The highest BCUT2D eigenvalue weighted by atomic mass is 16.6. The first-order valence-corrected chi connectivity index (χ1v) is 4.75. The Morgan fingerprint density at radius 1 is 1.62 bits per heavy atom. The van der Waals surface area contributed by atoms with E-state index in [1.54, 1.807) is 18.2 Å². The second-order valence-corrected chi connectivity index (χ2v) is 3.84. The molecule has 0 atom stereocenters. The third-order valence-electron chi connectivity index (χ3n) is 1.84. The maximum Gasteiger partial charge on any atom is 0.256 e. The first kappa shape index (κ1) is 12.6.